The summed E-state index contributed by atoms with van der Waals surface area (Å²) < 4.78 is 5.74. The van der Waals surface area contributed by atoms with Crippen molar-refractivity contribution < 1.29 is 9.53 Å². The molecule has 1 N–H and O–H groups in total. The zero-order chi connectivity index (χ0) is 17.0. The smallest absolute Gasteiger partial charge is 0.254 e. The summed E-state index contributed by atoms with van der Waals surface area (Å²) in [5.74, 6) is 1.30. The minimum absolute atomic E-state index is 0. The van der Waals surface area contributed by atoms with E-state index in [-0.39, 0.29) is 18.3 Å². The molecule has 1 aromatic rings. The van der Waals surface area contributed by atoms with Gasteiger partial charge in [-0.25, -0.2) is 0 Å². The van der Waals surface area contributed by atoms with Crippen LogP contribution in [-0.2, 0) is 9.53 Å². The molecule has 0 aliphatic carbocycles. The number of piperidine rings is 2. The van der Waals surface area contributed by atoms with Gasteiger partial charge in [0.05, 0.1) is 0 Å². The lowest BCUT2D eigenvalue weighted by Crippen LogP contribution is -2.57. The number of hydrogen-bond donors (Lipinski definition) is 1. The summed E-state index contributed by atoms with van der Waals surface area (Å²) in [5.41, 5.74) is 0.808. The maximum atomic E-state index is 13.2. The van der Waals surface area contributed by atoms with Gasteiger partial charge in [-0.3, -0.25) is 4.79 Å². The quantitative estimate of drug-likeness (QED) is 0.889. The highest BCUT2D eigenvalue weighted by molar-refractivity contribution is 5.86. The molecule has 2 unspecified atom stereocenters. The zero-order valence-corrected chi connectivity index (χ0v) is 16.2. The number of rotatable bonds is 4. The molecular formula is C20H31ClN2O2. The number of methoxy groups -OCH3 is 1. The van der Waals surface area contributed by atoms with Gasteiger partial charge in [0.1, 0.15) is 5.60 Å². The number of benzene rings is 1. The van der Waals surface area contributed by atoms with Gasteiger partial charge >= 0.3 is 0 Å². The highest BCUT2D eigenvalue weighted by Gasteiger charge is 2.44. The molecule has 0 aromatic heterocycles. The van der Waals surface area contributed by atoms with Gasteiger partial charge in [-0.05, 0) is 49.8 Å². The topological polar surface area (TPSA) is 41.6 Å². The first-order valence-electron chi connectivity index (χ1n) is 9.30. The summed E-state index contributed by atoms with van der Waals surface area (Å²) in [6.45, 7) is 5.65. The predicted molar refractivity (Wildman–Crippen MR) is 103 cm³/mol. The van der Waals surface area contributed by atoms with Crippen molar-refractivity contribution in [3.05, 3.63) is 35.9 Å². The lowest BCUT2D eigenvalue weighted by atomic mass is 9.78. The van der Waals surface area contributed by atoms with E-state index < -0.39 is 5.60 Å². The van der Waals surface area contributed by atoms with Crippen LogP contribution in [0.2, 0.25) is 0 Å². The molecule has 2 aliphatic heterocycles. The SMILES string of the molecule is CCC1CN(C(=O)C2(OC)CCNCC2)CCC1c1ccccc1.Cl. The van der Waals surface area contributed by atoms with Crippen LogP contribution in [0.5, 0.6) is 0 Å². The van der Waals surface area contributed by atoms with E-state index in [0.717, 1.165) is 51.9 Å². The molecule has 2 saturated heterocycles. The molecule has 0 radical (unpaired) electrons. The Bertz CT molecular complexity index is 546. The molecule has 140 valence electrons. The lowest BCUT2D eigenvalue weighted by molar-refractivity contribution is -0.160. The van der Waals surface area contributed by atoms with Crippen LogP contribution in [0.4, 0.5) is 0 Å². The summed E-state index contributed by atoms with van der Waals surface area (Å²) in [7, 11) is 1.69. The number of ether oxygens (including phenoxy) is 1. The van der Waals surface area contributed by atoms with Gasteiger partial charge in [-0.1, -0.05) is 43.7 Å². The van der Waals surface area contributed by atoms with Crippen molar-refractivity contribution in [2.75, 3.05) is 33.3 Å². The first-order valence-corrected chi connectivity index (χ1v) is 9.30. The van der Waals surface area contributed by atoms with Crippen molar-refractivity contribution >= 4 is 18.3 Å². The van der Waals surface area contributed by atoms with Crippen molar-refractivity contribution in [3.63, 3.8) is 0 Å². The zero-order valence-electron chi connectivity index (χ0n) is 15.4. The minimum atomic E-state index is -0.608. The van der Waals surface area contributed by atoms with E-state index in [1.54, 1.807) is 7.11 Å². The van der Waals surface area contributed by atoms with E-state index in [1.807, 2.05) is 0 Å². The third-order valence-electron chi connectivity index (χ3n) is 5.96. The van der Waals surface area contributed by atoms with Crippen LogP contribution in [0.1, 0.15) is 44.1 Å². The standard InChI is InChI=1S/C20H30N2O2.ClH/c1-3-16-15-22(14-9-18(16)17-7-5-4-6-8-17)19(23)20(24-2)10-12-21-13-11-20;/h4-8,16,18,21H,3,9-15H2,1-2H3;1H. The number of nitrogens with one attached hydrogen (secondary N) is 1. The van der Waals surface area contributed by atoms with Crippen LogP contribution in [0.3, 0.4) is 0 Å². The van der Waals surface area contributed by atoms with Crippen LogP contribution in [0, 0.1) is 5.92 Å². The van der Waals surface area contributed by atoms with Crippen LogP contribution < -0.4 is 5.32 Å². The van der Waals surface area contributed by atoms with E-state index in [2.05, 4.69) is 47.5 Å². The largest absolute Gasteiger partial charge is 0.368 e. The van der Waals surface area contributed by atoms with Gasteiger partial charge in [0.15, 0.2) is 0 Å². The fourth-order valence-electron chi connectivity index (χ4n) is 4.39. The third kappa shape index (κ3) is 4.18. The number of likely N-dealkylation sites (tertiary alicyclic amines) is 1. The molecule has 1 amide bonds. The van der Waals surface area contributed by atoms with E-state index in [9.17, 15) is 4.79 Å². The first kappa shape index (κ1) is 20.2. The van der Waals surface area contributed by atoms with Crippen LogP contribution >= 0.6 is 12.4 Å². The summed E-state index contributed by atoms with van der Waals surface area (Å²) >= 11 is 0. The van der Waals surface area contributed by atoms with Gasteiger partial charge < -0.3 is 15.0 Å². The monoisotopic (exact) mass is 366 g/mol. The van der Waals surface area contributed by atoms with Crippen molar-refractivity contribution in [2.45, 2.75) is 44.1 Å². The van der Waals surface area contributed by atoms with Crippen molar-refractivity contribution in [2.24, 2.45) is 5.92 Å². The Labute approximate surface area is 157 Å². The number of hydrogen-bond acceptors (Lipinski definition) is 3. The summed E-state index contributed by atoms with van der Waals surface area (Å²) in [4.78, 5) is 15.3. The number of carbonyl (C=O) groups excluding carboxylic acids is 1. The Balaban J connectivity index is 0.00000225. The van der Waals surface area contributed by atoms with Gasteiger partial charge in [-0.15, -0.1) is 12.4 Å². The van der Waals surface area contributed by atoms with E-state index in [1.165, 1.54) is 5.56 Å². The second-order valence-corrected chi connectivity index (χ2v) is 7.17. The predicted octanol–water partition coefficient (Wildman–Crippen LogP) is 3.22. The second-order valence-electron chi connectivity index (χ2n) is 7.17. The lowest BCUT2D eigenvalue weighted by Gasteiger charge is -2.44. The van der Waals surface area contributed by atoms with Gasteiger partial charge in [0, 0.05) is 20.2 Å². The fraction of sp³-hybridized carbons (Fsp3) is 0.650. The summed E-state index contributed by atoms with van der Waals surface area (Å²) in [6.07, 6.45) is 3.70. The maximum Gasteiger partial charge on any atom is 0.254 e. The third-order valence-corrected chi connectivity index (χ3v) is 5.96. The Morgan fingerprint density at radius 3 is 2.56 bits per heavy atom. The average Bonchev–Trinajstić information content (AvgIpc) is 2.68. The van der Waals surface area contributed by atoms with Crippen molar-refractivity contribution in [3.8, 4) is 0 Å². The minimum Gasteiger partial charge on any atom is -0.368 e. The molecule has 3 rings (SSSR count). The van der Waals surface area contributed by atoms with Gasteiger partial charge in [0.25, 0.3) is 5.91 Å². The number of nitrogens with zero attached hydrogens (tertiary/aromatic N) is 1. The highest BCUT2D eigenvalue weighted by Crippen LogP contribution is 2.36. The molecule has 2 aliphatic rings. The molecule has 4 nitrogen and oxygen atoms in total. The molecule has 2 fully saturated rings. The van der Waals surface area contributed by atoms with Crippen molar-refractivity contribution in [1.82, 2.24) is 10.2 Å². The van der Waals surface area contributed by atoms with Crippen LogP contribution in [0.15, 0.2) is 30.3 Å². The molecular weight excluding hydrogens is 336 g/mol. The Morgan fingerprint density at radius 2 is 1.96 bits per heavy atom. The molecule has 5 heteroatoms. The van der Waals surface area contributed by atoms with Gasteiger partial charge in [0.2, 0.25) is 0 Å². The summed E-state index contributed by atoms with van der Waals surface area (Å²) in [6, 6.07) is 10.8. The van der Waals surface area contributed by atoms with Crippen LogP contribution in [-0.4, -0.2) is 49.7 Å². The average molecular weight is 367 g/mol. The molecule has 25 heavy (non-hydrogen) atoms. The fourth-order valence-corrected chi connectivity index (χ4v) is 4.39. The van der Waals surface area contributed by atoms with E-state index >= 15 is 0 Å². The molecule has 0 saturated carbocycles. The molecule has 2 atom stereocenters. The Hall–Kier alpha value is -1.10. The van der Waals surface area contributed by atoms with Crippen molar-refractivity contribution in [1.29, 1.82) is 0 Å². The van der Waals surface area contributed by atoms with Crippen LogP contribution in [0.25, 0.3) is 0 Å². The molecule has 0 bridgehead atoms. The molecule has 2 heterocycles. The summed E-state index contributed by atoms with van der Waals surface area (Å²) in [5, 5.41) is 3.33. The van der Waals surface area contributed by atoms with E-state index in [4.69, 9.17) is 4.74 Å². The highest BCUT2D eigenvalue weighted by atomic mass is 35.5. The van der Waals surface area contributed by atoms with Gasteiger partial charge in [-0.2, -0.15) is 0 Å². The molecule has 0 spiro atoms. The Kier molecular flexibility index (Phi) is 7.29. The number of amides is 1. The molecule has 1 aromatic carbocycles. The number of halogens is 1. The second kappa shape index (κ2) is 9.02. The Morgan fingerprint density at radius 1 is 1.28 bits per heavy atom. The maximum absolute atomic E-state index is 13.2. The number of carbonyl (C=O) groups is 1. The van der Waals surface area contributed by atoms with E-state index in [0.29, 0.717) is 11.8 Å². The first-order chi connectivity index (χ1) is 11.7. The normalized spacial score (nSPS) is 25.9.